The molecule has 0 bridgehead atoms. The molecule has 1 aromatic heterocycles. The summed E-state index contributed by atoms with van der Waals surface area (Å²) in [6.45, 7) is 8.22. The number of rotatable bonds is 12. The minimum Gasteiger partial charge on any atom is -0.438 e. The van der Waals surface area contributed by atoms with Gasteiger partial charge in [0, 0.05) is 32.3 Å². The lowest BCUT2D eigenvalue weighted by molar-refractivity contribution is 0.0442. The molecule has 2 heterocycles. The summed E-state index contributed by atoms with van der Waals surface area (Å²) in [6, 6.07) is 15.9. The van der Waals surface area contributed by atoms with Crippen LogP contribution in [-0.2, 0) is 11.3 Å². The normalized spacial score (nSPS) is 16.5. The second-order valence-electron chi connectivity index (χ2n) is 9.02. The van der Waals surface area contributed by atoms with Gasteiger partial charge < -0.3 is 14.6 Å². The van der Waals surface area contributed by atoms with Gasteiger partial charge in [-0.15, -0.1) is 6.58 Å². The van der Waals surface area contributed by atoms with E-state index in [1.54, 1.807) is 16.8 Å². The van der Waals surface area contributed by atoms with Crippen molar-refractivity contribution >= 4 is 0 Å². The van der Waals surface area contributed by atoms with E-state index in [0.29, 0.717) is 37.7 Å². The average molecular weight is 480 g/mol. The van der Waals surface area contributed by atoms with Gasteiger partial charge in [-0.2, -0.15) is 5.10 Å². The van der Waals surface area contributed by atoms with Crippen LogP contribution in [0.25, 0.3) is 5.69 Å². The Bertz CT molecular complexity index is 1100. The van der Waals surface area contributed by atoms with Gasteiger partial charge in [0.2, 0.25) is 5.88 Å². The van der Waals surface area contributed by atoms with Gasteiger partial charge in [-0.25, -0.2) is 9.07 Å². The van der Waals surface area contributed by atoms with E-state index < -0.39 is 6.10 Å². The van der Waals surface area contributed by atoms with Gasteiger partial charge in [-0.1, -0.05) is 30.3 Å². The smallest absolute Gasteiger partial charge is 0.227 e. The Morgan fingerprint density at radius 1 is 1.29 bits per heavy atom. The van der Waals surface area contributed by atoms with Gasteiger partial charge >= 0.3 is 0 Å². The van der Waals surface area contributed by atoms with Crippen molar-refractivity contribution in [3.8, 4) is 17.3 Å². The van der Waals surface area contributed by atoms with Gasteiger partial charge in [-0.05, 0) is 56.9 Å². The lowest BCUT2D eigenvalue weighted by Crippen LogP contribution is -2.37. The summed E-state index contributed by atoms with van der Waals surface area (Å²) in [4.78, 5) is 2.21. The second kappa shape index (κ2) is 12.1. The lowest BCUT2D eigenvalue weighted by Gasteiger charge is -2.27. The van der Waals surface area contributed by atoms with Crippen molar-refractivity contribution in [1.82, 2.24) is 14.7 Å². The number of aliphatic hydroxyl groups excluding tert-OH is 1. The first-order chi connectivity index (χ1) is 17.0. The number of halogens is 1. The fraction of sp³-hybridized carbons (Fsp3) is 0.393. The Balaban J connectivity index is 1.66. The highest BCUT2D eigenvalue weighted by Gasteiger charge is 2.26. The Morgan fingerprint density at radius 3 is 2.83 bits per heavy atom. The SMILES string of the molecule is C=CCCC(O)CN(Cc1c(C)nn(-c2ccccc2)c1Oc1cccc(F)c1)CC1CCCO1. The van der Waals surface area contributed by atoms with Crippen LogP contribution in [0.1, 0.15) is 36.9 Å². The third-order valence-corrected chi connectivity index (χ3v) is 6.19. The molecule has 2 unspecified atom stereocenters. The molecule has 3 aromatic rings. The molecule has 0 aliphatic carbocycles. The predicted molar refractivity (Wildman–Crippen MR) is 134 cm³/mol. The third kappa shape index (κ3) is 6.78. The zero-order chi connectivity index (χ0) is 24.6. The zero-order valence-electron chi connectivity index (χ0n) is 20.3. The van der Waals surface area contributed by atoms with Crippen LogP contribution in [0.4, 0.5) is 4.39 Å². The molecule has 186 valence electrons. The molecule has 2 atom stereocenters. The Kier molecular flexibility index (Phi) is 8.69. The molecule has 0 spiro atoms. The minimum atomic E-state index is -0.480. The maximum Gasteiger partial charge on any atom is 0.227 e. The molecule has 35 heavy (non-hydrogen) atoms. The van der Waals surface area contributed by atoms with Gasteiger partial charge in [0.25, 0.3) is 0 Å². The van der Waals surface area contributed by atoms with E-state index in [4.69, 9.17) is 14.6 Å². The van der Waals surface area contributed by atoms with E-state index in [2.05, 4.69) is 11.5 Å². The number of aryl methyl sites for hydroxylation is 1. The fourth-order valence-corrected chi connectivity index (χ4v) is 4.41. The molecular formula is C28H34FN3O3. The van der Waals surface area contributed by atoms with Gasteiger partial charge in [0.1, 0.15) is 11.6 Å². The first-order valence-electron chi connectivity index (χ1n) is 12.2. The number of hydrogen-bond donors (Lipinski definition) is 1. The molecule has 1 aliphatic rings. The molecular weight excluding hydrogens is 445 g/mol. The molecule has 0 amide bonds. The van der Waals surface area contributed by atoms with Crippen LogP contribution in [-0.4, -0.2) is 51.7 Å². The zero-order valence-corrected chi connectivity index (χ0v) is 20.3. The summed E-state index contributed by atoms with van der Waals surface area (Å²) in [5, 5.41) is 15.4. The molecule has 1 N–H and O–H groups in total. The average Bonchev–Trinajstić information content (AvgIpc) is 3.47. The van der Waals surface area contributed by atoms with Crippen LogP contribution in [0.2, 0.25) is 0 Å². The number of ether oxygens (including phenoxy) is 2. The van der Waals surface area contributed by atoms with E-state index in [9.17, 15) is 9.50 Å². The molecule has 7 heteroatoms. The highest BCUT2D eigenvalue weighted by Crippen LogP contribution is 2.32. The lowest BCUT2D eigenvalue weighted by atomic mass is 10.1. The van der Waals surface area contributed by atoms with E-state index in [1.807, 2.05) is 43.3 Å². The van der Waals surface area contributed by atoms with Gasteiger partial charge in [0.05, 0.1) is 29.2 Å². The number of aromatic nitrogens is 2. The minimum absolute atomic E-state index is 0.138. The quantitative estimate of drug-likeness (QED) is 0.352. The van der Waals surface area contributed by atoms with Crippen molar-refractivity contribution in [2.45, 2.75) is 51.4 Å². The monoisotopic (exact) mass is 479 g/mol. The first kappa shape index (κ1) is 25.1. The van der Waals surface area contributed by atoms with Gasteiger partial charge in [-0.3, -0.25) is 4.90 Å². The largest absolute Gasteiger partial charge is 0.438 e. The van der Waals surface area contributed by atoms with Crippen molar-refractivity contribution in [2.24, 2.45) is 0 Å². The molecule has 6 nitrogen and oxygen atoms in total. The van der Waals surface area contributed by atoms with Crippen molar-refractivity contribution in [3.05, 3.63) is 84.3 Å². The predicted octanol–water partition coefficient (Wildman–Crippen LogP) is 5.42. The summed E-state index contributed by atoms with van der Waals surface area (Å²) < 4.78 is 27.8. The summed E-state index contributed by atoms with van der Waals surface area (Å²) in [6.07, 6.45) is 4.95. The van der Waals surface area contributed by atoms with Crippen LogP contribution >= 0.6 is 0 Å². The topological polar surface area (TPSA) is 59.8 Å². The van der Waals surface area contributed by atoms with E-state index >= 15 is 0 Å². The third-order valence-electron chi connectivity index (χ3n) is 6.19. The van der Waals surface area contributed by atoms with Gasteiger partial charge in [0.15, 0.2) is 0 Å². The summed E-state index contributed by atoms with van der Waals surface area (Å²) in [5.74, 6) is 0.578. The number of para-hydroxylation sites is 1. The Hall–Kier alpha value is -3.00. The summed E-state index contributed by atoms with van der Waals surface area (Å²) in [7, 11) is 0. The van der Waals surface area contributed by atoms with Crippen molar-refractivity contribution in [1.29, 1.82) is 0 Å². The highest BCUT2D eigenvalue weighted by molar-refractivity contribution is 5.43. The van der Waals surface area contributed by atoms with E-state index in [-0.39, 0.29) is 11.9 Å². The van der Waals surface area contributed by atoms with E-state index in [0.717, 1.165) is 42.8 Å². The molecule has 4 rings (SSSR count). The molecule has 0 radical (unpaired) electrons. The van der Waals surface area contributed by atoms with Crippen molar-refractivity contribution in [3.63, 3.8) is 0 Å². The highest BCUT2D eigenvalue weighted by atomic mass is 19.1. The number of nitrogens with zero attached hydrogens (tertiary/aromatic N) is 3. The standard InChI is InChI=1S/C28H34FN3O3/c1-3-4-13-24(33)18-31(19-26-15-9-16-34-26)20-27-21(2)30-32(23-11-6-5-7-12-23)28(27)35-25-14-8-10-22(29)17-25/h3,5-8,10-12,14,17,24,26,33H,1,4,9,13,15-16,18-20H2,2H3. The summed E-state index contributed by atoms with van der Waals surface area (Å²) >= 11 is 0. The van der Waals surface area contributed by atoms with Crippen molar-refractivity contribution < 1.29 is 19.0 Å². The van der Waals surface area contributed by atoms with E-state index in [1.165, 1.54) is 12.1 Å². The summed E-state index contributed by atoms with van der Waals surface area (Å²) in [5.41, 5.74) is 2.56. The number of aliphatic hydroxyl groups is 1. The van der Waals surface area contributed by atoms with Crippen molar-refractivity contribution in [2.75, 3.05) is 19.7 Å². The van der Waals surface area contributed by atoms with Crippen LogP contribution in [0, 0.1) is 12.7 Å². The molecule has 1 fully saturated rings. The maximum absolute atomic E-state index is 13.9. The number of benzene rings is 2. The van der Waals surface area contributed by atoms with Crippen LogP contribution in [0.5, 0.6) is 11.6 Å². The van der Waals surface area contributed by atoms with Crippen LogP contribution < -0.4 is 4.74 Å². The Labute approximate surface area is 206 Å². The maximum atomic E-state index is 13.9. The fourth-order valence-electron chi connectivity index (χ4n) is 4.41. The Morgan fingerprint density at radius 2 is 2.11 bits per heavy atom. The first-order valence-corrected chi connectivity index (χ1v) is 12.2. The van der Waals surface area contributed by atoms with Crippen LogP contribution in [0.15, 0.2) is 67.3 Å². The second-order valence-corrected chi connectivity index (χ2v) is 9.02. The molecule has 2 aromatic carbocycles. The number of hydrogen-bond acceptors (Lipinski definition) is 5. The molecule has 1 aliphatic heterocycles. The van der Waals surface area contributed by atoms with Crippen LogP contribution in [0.3, 0.4) is 0 Å². The molecule has 1 saturated heterocycles. The molecule has 0 saturated carbocycles. The number of allylic oxidation sites excluding steroid dienone is 1.